The Kier molecular flexibility index (Phi) is 3.15. The van der Waals surface area contributed by atoms with Crippen molar-refractivity contribution in [2.45, 2.75) is 42.8 Å². The highest BCUT2D eigenvalue weighted by atomic mass is 32.2. The number of carbonyl (C=O) groups is 1. The van der Waals surface area contributed by atoms with E-state index in [0.717, 1.165) is 12.8 Å². The van der Waals surface area contributed by atoms with E-state index in [9.17, 15) is 4.79 Å². The number of benzene rings is 1. The number of carbonyl (C=O) groups excluding carboxylic acids is 1. The van der Waals surface area contributed by atoms with Crippen LogP contribution in [0, 0.1) is 0 Å². The van der Waals surface area contributed by atoms with E-state index in [-0.39, 0.29) is 0 Å². The average molecular weight is 220 g/mol. The average Bonchev–Trinajstić information content (AvgIpc) is 2.14. The molecule has 0 aromatic heterocycles. The summed E-state index contributed by atoms with van der Waals surface area (Å²) in [5.74, 6) is 0.899. The molecule has 1 saturated carbocycles. The van der Waals surface area contributed by atoms with Gasteiger partial charge >= 0.3 is 0 Å². The van der Waals surface area contributed by atoms with Gasteiger partial charge in [0, 0.05) is 23.0 Å². The largest absolute Gasteiger partial charge is 0.300 e. The van der Waals surface area contributed by atoms with Crippen LogP contribution in [-0.4, -0.2) is 11.0 Å². The summed E-state index contributed by atoms with van der Waals surface area (Å²) in [6, 6.07) is 8.68. The van der Waals surface area contributed by atoms with Gasteiger partial charge < -0.3 is 0 Å². The molecule has 1 aliphatic rings. The third-order valence-electron chi connectivity index (χ3n) is 2.67. The molecule has 1 aromatic carbocycles. The molecule has 0 N–H and O–H groups in total. The molecule has 80 valence electrons. The van der Waals surface area contributed by atoms with Crippen molar-refractivity contribution in [1.82, 2.24) is 0 Å². The van der Waals surface area contributed by atoms with E-state index in [1.807, 2.05) is 11.8 Å². The molecule has 0 unspecified atom stereocenters. The summed E-state index contributed by atoms with van der Waals surface area (Å²) < 4.78 is 0. The Morgan fingerprint density at radius 1 is 1.20 bits per heavy atom. The SMILES string of the molecule is CC(C)Sc1ccc(C2CC(=O)C2)cc1. The minimum Gasteiger partial charge on any atom is -0.300 e. The molecular weight excluding hydrogens is 204 g/mol. The van der Waals surface area contributed by atoms with Crippen LogP contribution in [0.4, 0.5) is 0 Å². The molecule has 1 nitrogen and oxygen atoms in total. The molecule has 0 radical (unpaired) electrons. The second-order valence-corrected chi connectivity index (χ2v) is 6.03. The van der Waals surface area contributed by atoms with Crippen LogP contribution in [0.25, 0.3) is 0 Å². The Bertz CT molecular complexity index is 345. The molecule has 2 rings (SSSR count). The van der Waals surface area contributed by atoms with Crippen molar-refractivity contribution in [2.24, 2.45) is 0 Å². The van der Waals surface area contributed by atoms with Crippen LogP contribution >= 0.6 is 11.8 Å². The Morgan fingerprint density at radius 2 is 1.80 bits per heavy atom. The first-order chi connectivity index (χ1) is 7.15. The molecule has 1 fully saturated rings. The second-order valence-electron chi connectivity index (χ2n) is 4.38. The monoisotopic (exact) mass is 220 g/mol. The fourth-order valence-electron chi connectivity index (χ4n) is 1.82. The van der Waals surface area contributed by atoms with Crippen LogP contribution in [0.2, 0.25) is 0 Å². The molecule has 0 heterocycles. The molecule has 0 saturated heterocycles. The van der Waals surface area contributed by atoms with E-state index in [1.165, 1.54) is 10.5 Å². The molecule has 15 heavy (non-hydrogen) atoms. The van der Waals surface area contributed by atoms with Gasteiger partial charge in [-0.05, 0) is 23.6 Å². The Balaban J connectivity index is 2.01. The van der Waals surface area contributed by atoms with E-state index in [1.54, 1.807) is 0 Å². The van der Waals surface area contributed by atoms with Crippen LogP contribution in [0.5, 0.6) is 0 Å². The molecule has 0 aliphatic heterocycles. The van der Waals surface area contributed by atoms with Crippen molar-refractivity contribution in [3.05, 3.63) is 29.8 Å². The summed E-state index contributed by atoms with van der Waals surface area (Å²) in [5, 5.41) is 0.626. The number of rotatable bonds is 3. The Labute approximate surface area is 95.3 Å². The molecule has 0 bridgehead atoms. The van der Waals surface area contributed by atoms with Crippen LogP contribution in [0.15, 0.2) is 29.2 Å². The van der Waals surface area contributed by atoms with Crippen molar-refractivity contribution in [1.29, 1.82) is 0 Å². The Hall–Kier alpha value is -0.760. The lowest BCUT2D eigenvalue weighted by Crippen LogP contribution is -2.20. The summed E-state index contributed by atoms with van der Waals surface area (Å²) in [7, 11) is 0. The minimum absolute atomic E-state index is 0.403. The van der Waals surface area contributed by atoms with Crippen LogP contribution in [0.3, 0.4) is 0 Å². The van der Waals surface area contributed by atoms with Gasteiger partial charge in [0.1, 0.15) is 5.78 Å². The van der Waals surface area contributed by atoms with E-state index < -0.39 is 0 Å². The van der Waals surface area contributed by atoms with Crippen LogP contribution in [-0.2, 0) is 4.79 Å². The fraction of sp³-hybridized carbons (Fsp3) is 0.462. The zero-order chi connectivity index (χ0) is 10.8. The number of Topliss-reactive ketones (excluding diaryl/α,β-unsaturated/α-hetero) is 1. The molecule has 0 atom stereocenters. The van der Waals surface area contributed by atoms with Gasteiger partial charge in [-0.15, -0.1) is 11.8 Å². The van der Waals surface area contributed by atoms with Gasteiger partial charge in [0.15, 0.2) is 0 Å². The summed E-state index contributed by atoms with van der Waals surface area (Å²) >= 11 is 1.88. The first-order valence-electron chi connectivity index (χ1n) is 5.43. The summed E-state index contributed by atoms with van der Waals surface area (Å²) in [5.41, 5.74) is 1.32. The summed E-state index contributed by atoms with van der Waals surface area (Å²) in [4.78, 5) is 12.2. The third kappa shape index (κ3) is 2.63. The maximum absolute atomic E-state index is 10.9. The fourth-order valence-corrected chi connectivity index (χ4v) is 2.65. The topological polar surface area (TPSA) is 17.1 Å². The van der Waals surface area contributed by atoms with Crippen molar-refractivity contribution in [3.63, 3.8) is 0 Å². The van der Waals surface area contributed by atoms with E-state index in [4.69, 9.17) is 0 Å². The van der Waals surface area contributed by atoms with E-state index in [2.05, 4.69) is 38.1 Å². The van der Waals surface area contributed by atoms with Crippen LogP contribution < -0.4 is 0 Å². The molecule has 0 amide bonds. The molecule has 1 aliphatic carbocycles. The highest BCUT2D eigenvalue weighted by Crippen LogP contribution is 2.34. The Morgan fingerprint density at radius 3 is 2.27 bits per heavy atom. The highest BCUT2D eigenvalue weighted by Gasteiger charge is 2.27. The number of thioether (sulfide) groups is 1. The lowest BCUT2D eigenvalue weighted by Gasteiger charge is -2.24. The number of ketones is 1. The normalized spacial score (nSPS) is 16.9. The van der Waals surface area contributed by atoms with E-state index in [0.29, 0.717) is 17.0 Å². The van der Waals surface area contributed by atoms with Gasteiger partial charge in [0.25, 0.3) is 0 Å². The number of hydrogen-bond donors (Lipinski definition) is 0. The smallest absolute Gasteiger partial charge is 0.134 e. The van der Waals surface area contributed by atoms with Crippen molar-refractivity contribution >= 4 is 17.5 Å². The van der Waals surface area contributed by atoms with Gasteiger partial charge in [-0.1, -0.05) is 26.0 Å². The van der Waals surface area contributed by atoms with Crippen molar-refractivity contribution < 1.29 is 4.79 Å². The molecular formula is C13H16OS. The summed E-state index contributed by atoms with van der Waals surface area (Å²) in [6.07, 6.45) is 1.49. The van der Waals surface area contributed by atoms with Crippen LogP contribution in [0.1, 0.15) is 38.2 Å². The zero-order valence-electron chi connectivity index (χ0n) is 9.19. The molecule has 1 aromatic rings. The zero-order valence-corrected chi connectivity index (χ0v) is 10.0. The van der Waals surface area contributed by atoms with Crippen molar-refractivity contribution in [3.8, 4) is 0 Å². The van der Waals surface area contributed by atoms with Gasteiger partial charge in [0.05, 0.1) is 0 Å². The van der Waals surface area contributed by atoms with E-state index >= 15 is 0 Å². The lowest BCUT2D eigenvalue weighted by atomic mass is 9.79. The predicted molar refractivity (Wildman–Crippen MR) is 64.4 cm³/mol. The maximum Gasteiger partial charge on any atom is 0.134 e. The van der Waals surface area contributed by atoms with Gasteiger partial charge in [-0.3, -0.25) is 4.79 Å². The van der Waals surface area contributed by atoms with Crippen molar-refractivity contribution in [2.75, 3.05) is 0 Å². The minimum atomic E-state index is 0.403. The standard InChI is InChI=1S/C13H16OS/c1-9(2)15-13-5-3-10(4-6-13)11-7-12(14)8-11/h3-6,9,11H,7-8H2,1-2H3. The maximum atomic E-state index is 10.9. The molecule has 2 heteroatoms. The summed E-state index contributed by atoms with van der Waals surface area (Å²) in [6.45, 7) is 4.40. The number of hydrogen-bond acceptors (Lipinski definition) is 2. The third-order valence-corrected chi connectivity index (χ3v) is 3.69. The van der Waals surface area contributed by atoms with Gasteiger partial charge in [0.2, 0.25) is 0 Å². The molecule has 0 spiro atoms. The predicted octanol–water partition coefficient (Wildman–Crippen LogP) is 3.63. The first kappa shape index (κ1) is 10.7. The van der Waals surface area contributed by atoms with Gasteiger partial charge in [-0.2, -0.15) is 0 Å². The first-order valence-corrected chi connectivity index (χ1v) is 6.31. The highest BCUT2D eigenvalue weighted by molar-refractivity contribution is 7.99. The second kappa shape index (κ2) is 4.40. The quantitative estimate of drug-likeness (QED) is 0.723. The van der Waals surface area contributed by atoms with Gasteiger partial charge in [-0.25, -0.2) is 0 Å². The lowest BCUT2D eigenvalue weighted by molar-refractivity contribution is -0.124.